The Kier molecular flexibility index (Phi) is 8.22. The first-order valence-electron chi connectivity index (χ1n) is 8.21. The van der Waals surface area contributed by atoms with Crippen LogP contribution in [0.25, 0.3) is 0 Å². The van der Waals surface area contributed by atoms with Crippen molar-refractivity contribution in [1.82, 2.24) is 0 Å². The molecule has 34 heavy (non-hydrogen) atoms. The van der Waals surface area contributed by atoms with E-state index in [1.807, 2.05) is 0 Å². The minimum atomic E-state index is -12.2. The third-order valence-corrected chi connectivity index (χ3v) is 12.1. The van der Waals surface area contributed by atoms with E-state index in [0.29, 0.717) is 0 Å². The summed E-state index contributed by atoms with van der Waals surface area (Å²) in [4.78, 5) is 0. The van der Waals surface area contributed by atoms with Gasteiger partial charge in [0, 0.05) is 0 Å². The van der Waals surface area contributed by atoms with Crippen molar-refractivity contribution in [2.24, 2.45) is 0 Å². The number of alkyl halides is 12. The van der Waals surface area contributed by atoms with Gasteiger partial charge in [0.1, 0.15) is 0 Å². The minimum Gasteiger partial charge on any atom is -0.741 e. The molecule has 0 saturated heterocycles. The van der Waals surface area contributed by atoms with Gasteiger partial charge in [-0.25, -0.2) is 8.42 Å². The molecule has 0 aromatic heterocycles. The molecule has 0 fully saturated rings. The molecule has 208 valence electrons. The minimum absolute atomic E-state index is 0.0270. The van der Waals surface area contributed by atoms with E-state index >= 15 is 0 Å². The molecule has 0 aliphatic heterocycles. The van der Waals surface area contributed by atoms with E-state index in [2.05, 4.69) is 0 Å². The van der Waals surface area contributed by atoms with Crippen molar-refractivity contribution in [1.29, 1.82) is 0 Å². The fourth-order valence-electron chi connectivity index (χ4n) is 2.31. The first kappa shape index (κ1) is 33.3. The van der Waals surface area contributed by atoms with Gasteiger partial charge < -0.3 is 4.55 Å². The Bertz CT molecular complexity index is 919. The molecule has 1 aliphatic rings. The van der Waals surface area contributed by atoms with Gasteiger partial charge in [-0.2, -0.15) is 13.2 Å². The number of allylic oxidation sites excluding steroid dienone is 2. The normalized spacial score (nSPS) is 26.8. The molecule has 1 rings (SSSR count). The van der Waals surface area contributed by atoms with E-state index in [1.165, 1.54) is 6.92 Å². The van der Waals surface area contributed by atoms with Gasteiger partial charge in [0.2, 0.25) is 0 Å². The van der Waals surface area contributed by atoms with Crippen LogP contribution in [0, 0.1) is 0 Å². The molecule has 1 unspecified atom stereocenters. The molecular weight excluding hydrogens is 667 g/mol. The third-order valence-electron chi connectivity index (χ3n) is 4.16. The van der Waals surface area contributed by atoms with Gasteiger partial charge in [-0.15, -0.1) is 0 Å². The summed E-state index contributed by atoms with van der Waals surface area (Å²) in [5, 5.41) is 0. The Morgan fingerprint density at radius 3 is 1.50 bits per heavy atom. The Balaban J connectivity index is 0.00000116. The van der Waals surface area contributed by atoms with Crippen molar-refractivity contribution in [2.75, 3.05) is 4.43 Å². The van der Waals surface area contributed by atoms with Crippen molar-refractivity contribution in [2.45, 2.75) is 59.6 Å². The summed E-state index contributed by atoms with van der Waals surface area (Å²) in [5.74, 6) is -30.8. The molecule has 0 amide bonds. The molecule has 0 aromatic carbocycles. The molecule has 0 aromatic rings. The van der Waals surface area contributed by atoms with Crippen molar-refractivity contribution in [3.05, 3.63) is 11.7 Å². The predicted octanol–water partition coefficient (Wildman–Crippen LogP) is 4.12. The third kappa shape index (κ3) is 5.05. The first-order chi connectivity index (χ1) is 14.4. The van der Waals surface area contributed by atoms with Crippen LogP contribution < -0.4 is 18.0 Å². The maximum atomic E-state index is 14.2. The average Bonchev–Trinajstić information content (AvgIpc) is 2.60. The van der Waals surface area contributed by atoms with Crippen LogP contribution in [0.5, 0.6) is 0 Å². The quantitative estimate of drug-likeness (QED) is 0.106. The Hall–Kier alpha value is -0.740. The number of hydrogen-bond donors (Lipinski definition) is 0. The monoisotopic (exact) mass is 680 g/mol. The zero-order chi connectivity index (χ0) is 28.1. The zero-order valence-corrected chi connectivity index (χ0v) is 19.1. The summed E-state index contributed by atoms with van der Waals surface area (Å²) in [5.41, 5.74) is -5.65. The second kappa shape index (κ2) is 8.40. The van der Waals surface area contributed by atoms with Crippen LogP contribution in [0.2, 0.25) is 0 Å². The van der Waals surface area contributed by atoms with Gasteiger partial charge in [0.05, 0.1) is 0 Å². The van der Waals surface area contributed by atoms with Gasteiger partial charge in [-0.1, -0.05) is 0 Å². The van der Waals surface area contributed by atoms with Crippen LogP contribution in [0.3, 0.4) is 0 Å². The standard InChI is InChI=1S/C12H13F13I.CHF3O3S/c1-2-3-4-5-6-26(22,23,24,25)10(17)8(14)7(13)9(15,16)11(18,19)12(10,20)21;2-1(3,4)8(5,6)7/h2-6H2,1H3;(H,5,6,7)/q+1;/p-1. The number of hydrogen-bond acceptors (Lipinski definition) is 3. The summed E-state index contributed by atoms with van der Waals surface area (Å²) in [7, 11) is -6.09. The predicted molar refractivity (Wildman–Crippen MR) is 77.1 cm³/mol. The van der Waals surface area contributed by atoms with Gasteiger partial charge in [0.25, 0.3) is 0 Å². The fraction of sp³-hybridized carbons (Fsp3) is 0.846. The van der Waals surface area contributed by atoms with Crippen LogP contribution in [0.4, 0.5) is 64.1 Å². The maximum Gasteiger partial charge on any atom is 0.485 e. The second-order valence-electron chi connectivity index (χ2n) is 6.72. The number of halogens is 17. The average molecular weight is 680 g/mol. The summed E-state index contributed by atoms with van der Waals surface area (Å²) in [6.45, 7) is 1.46. The van der Waals surface area contributed by atoms with E-state index < -0.39 is 83.9 Å². The van der Waals surface area contributed by atoms with E-state index in [9.17, 15) is 64.1 Å². The van der Waals surface area contributed by atoms with Crippen molar-refractivity contribution in [3.8, 4) is 0 Å². The molecule has 0 radical (unpaired) electrons. The fourth-order valence-corrected chi connectivity index (χ4v) is 8.26. The van der Waals surface area contributed by atoms with Gasteiger partial charge in [-0.05, 0) is 0 Å². The molecule has 1 atom stereocenters. The molecule has 0 spiro atoms. The SMILES string of the molecule is CCCCCC[I+](F)(F)(F)(F)C1(F)C(F)=C(F)C(F)(F)C(F)(F)C1(F)F.O=S(=O)([O-])C(F)(F)F. The van der Waals surface area contributed by atoms with Crippen molar-refractivity contribution < 1.29 is 95.1 Å². The molecule has 0 N–H and O–H groups in total. The molecule has 0 heterocycles. The second-order valence-corrected chi connectivity index (χ2v) is 17.2. The van der Waals surface area contributed by atoms with E-state index in [1.54, 1.807) is 0 Å². The van der Waals surface area contributed by atoms with Gasteiger partial charge >= 0.3 is 145 Å². The Labute approximate surface area is 181 Å². The van der Waals surface area contributed by atoms with E-state index in [0.717, 1.165) is 0 Å². The Morgan fingerprint density at radius 2 is 1.18 bits per heavy atom. The summed E-state index contributed by atoms with van der Waals surface area (Å²) in [6, 6.07) is 0. The maximum absolute atomic E-state index is 14.2. The molecule has 3 nitrogen and oxygen atoms in total. The van der Waals surface area contributed by atoms with E-state index in [-0.39, 0.29) is 12.8 Å². The van der Waals surface area contributed by atoms with Crippen LogP contribution in [-0.4, -0.2) is 44.3 Å². The number of unbranched alkanes of at least 4 members (excludes halogenated alkanes) is 3. The largest absolute Gasteiger partial charge is 0.741 e. The molecule has 1 aliphatic carbocycles. The summed E-state index contributed by atoms with van der Waals surface area (Å²) >= 11 is -12.2. The topological polar surface area (TPSA) is 57.2 Å². The smallest absolute Gasteiger partial charge is 0.485 e. The van der Waals surface area contributed by atoms with Crippen molar-refractivity contribution >= 4 is 10.1 Å². The van der Waals surface area contributed by atoms with Crippen LogP contribution in [0.1, 0.15) is 32.6 Å². The number of rotatable bonds is 6. The van der Waals surface area contributed by atoms with Crippen LogP contribution >= 0.6 is 0 Å². The zero-order valence-electron chi connectivity index (χ0n) is 16.1. The van der Waals surface area contributed by atoms with Gasteiger partial charge in [0.15, 0.2) is 10.1 Å². The first-order valence-corrected chi connectivity index (χ1v) is 15.5. The summed E-state index contributed by atoms with van der Waals surface area (Å²) in [6.07, 6.45) is -1.70. The van der Waals surface area contributed by atoms with E-state index in [4.69, 9.17) is 13.0 Å². The van der Waals surface area contributed by atoms with Crippen LogP contribution in [0.15, 0.2) is 11.7 Å². The Morgan fingerprint density at radius 1 is 0.794 bits per heavy atom. The van der Waals surface area contributed by atoms with Gasteiger partial charge in [-0.3, -0.25) is 0 Å². The molecule has 0 saturated carbocycles. The molecular formula is C13H13F16IO3S. The van der Waals surface area contributed by atoms with Crippen molar-refractivity contribution in [3.63, 3.8) is 0 Å². The molecule has 21 heteroatoms. The molecule has 0 bridgehead atoms. The van der Waals surface area contributed by atoms with Crippen LogP contribution in [-0.2, 0) is 10.1 Å². The summed E-state index contributed by atoms with van der Waals surface area (Å²) < 4.78 is 224.